The van der Waals surface area contributed by atoms with E-state index in [0.29, 0.717) is 23.0 Å². The van der Waals surface area contributed by atoms with Gasteiger partial charge in [-0.3, -0.25) is 9.59 Å². The minimum Gasteiger partial charge on any atom is -0.481 e. The second kappa shape index (κ2) is 7.54. The van der Waals surface area contributed by atoms with Crippen molar-refractivity contribution in [3.05, 3.63) is 34.2 Å². The highest BCUT2D eigenvalue weighted by atomic mass is 35.5. The van der Waals surface area contributed by atoms with Gasteiger partial charge in [0.05, 0.1) is 17.5 Å². The number of nitrogens with zero attached hydrogens (tertiary/aromatic N) is 1. The highest BCUT2D eigenvalue weighted by Crippen LogP contribution is 2.34. The number of carboxylic acid groups (broad SMARTS) is 1. The molecule has 2 aromatic rings. The number of thiazole rings is 1. The van der Waals surface area contributed by atoms with E-state index in [4.69, 9.17) is 11.6 Å². The van der Waals surface area contributed by atoms with Crippen molar-refractivity contribution in [3.8, 4) is 11.3 Å². The number of aromatic nitrogens is 1. The van der Waals surface area contributed by atoms with Gasteiger partial charge in [0, 0.05) is 15.5 Å². The molecule has 2 N–H and O–H groups in total. The molecule has 25 heavy (non-hydrogen) atoms. The number of rotatable bonds is 4. The topological polar surface area (TPSA) is 79.3 Å². The molecule has 1 saturated carbocycles. The fraction of sp³-hybridized carbons (Fsp3) is 0.389. The lowest BCUT2D eigenvalue weighted by atomic mass is 9.79. The fourth-order valence-electron chi connectivity index (χ4n) is 3.26. The minimum absolute atomic E-state index is 0.247. The van der Waals surface area contributed by atoms with E-state index in [1.54, 1.807) is 12.1 Å². The Balaban J connectivity index is 1.77. The SMILES string of the molecule is Cc1sc(NC(=O)[C@@H]2CCCC[C@H]2C(=O)O)nc1-c1ccc(Cl)cc1. The Morgan fingerprint density at radius 2 is 1.84 bits per heavy atom. The van der Waals surface area contributed by atoms with Crippen LogP contribution in [0.25, 0.3) is 11.3 Å². The van der Waals surface area contributed by atoms with E-state index >= 15 is 0 Å². The van der Waals surface area contributed by atoms with Gasteiger partial charge in [-0.2, -0.15) is 0 Å². The molecule has 2 atom stereocenters. The lowest BCUT2D eigenvalue weighted by molar-refractivity contribution is -0.147. The summed E-state index contributed by atoms with van der Waals surface area (Å²) in [4.78, 5) is 29.4. The predicted molar refractivity (Wildman–Crippen MR) is 99.0 cm³/mol. The first-order valence-electron chi connectivity index (χ1n) is 8.22. The largest absolute Gasteiger partial charge is 0.481 e. The monoisotopic (exact) mass is 378 g/mol. The third-order valence-electron chi connectivity index (χ3n) is 4.56. The summed E-state index contributed by atoms with van der Waals surface area (Å²) in [7, 11) is 0. The molecule has 0 radical (unpaired) electrons. The Kier molecular flexibility index (Phi) is 5.39. The van der Waals surface area contributed by atoms with Crippen LogP contribution in [0.3, 0.4) is 0 Å². The molecular weight excluding hydrogens is 360 g/mol. The second-order valence-corrected chi connectivity index (χ2v) is 7.90. The number of aryl methyl sites for hydroxylation is 1. The summed E-state index contributed by atoms with van der Waals surface area (Å²) in [5, 5.41) is 13.3. The molecule has 0 aliphatic heterocycles. The van der Waals surface area contributed by atoms with Crippen molar-refractivity contribution in [1.82, 2.24) is 4.98 Å². The maximum Gasteiger partial charge on any atom is 0.307 e. The van der Waals surface area contributed by atoms with E-state index in [9.17, 15) is 14.7 Å². The van der Waals surface area contributed by atoms with E-state index in [1.165, 1.54) is 11.3 Å². The number of anilines is 1. The first-order chi connectivity index (χ1) is 12.0. The van der Waals surface area contributed by atoms with Crippen LogP contribution in [0.1, 0.15) is 30.6 Å². The molecule has 7 heteroatoms. The lowest BCUT2D eigenvalue weighted by Gasteiger charge is -2.26. The number of amides is 1. The molecule has 1 aliphatic carbocycles. The van der Waals surface area contributed by atoms with Gasteiger partial charge in [0.15, 0.2) is 5.13 Å². The van der Waals surface area contributed by atoms with Crippen molar-refractivity contribution in [1.29, 1.82) is 0 Å². The molecule has 1 heterocycles. The average Bonchev–Trinajstić information content (AvgIpc) is 2.95. The zero-order chi connectivity index (χ0) is 18.0. The van der Waals surface area contributed by atoms with Gasteiger partial charge in [-0.05, 0) is 31.9 Å². The first kappa shape index (κ1) is 17.9. The molecule has 1 amide bonds. The molecule has 0 saturated heterocycles. The second-order valence-electron chi connectivity index (χ2n) is 6.26. The van der Waals surface area contributed by atoms with Crippen LogP contribution >= 0.6 is 22.9 Å². The number of aliphatic carboxylic acids is 1. The molecule has 5 nitrogen and oxygen atoms in total. The number of carboxylic acids is 1. The Labute approximate surface area is 155 Å². The van der Waals surface area contributed by atoms with Crippen LogP contribution in [-0.4, -0.2) is 22.0 Å². The molecule has 1 aromatic carbocycles. The van der Waals surface area contributed by atoms with Crippen LogP contribution in [0.2, 0.25) is 5.02 Å². The van der Waals surface area contributed by atoms with Crippen LogP contribution in [0.15, 0.2) is 24.3 Å². The van der Waals surface area contributed by atoms with Gasteiger partial charge in [0.25, 0.3) is 0 Å². The lowest BCUT2D eigenvalue weighted by Crippen LogP contribution is -2.36. The molecule has 3 rings (SSSR count). The molecule has 1 aliphatic rings. The molecule has 1 fully saturated rings. The van der Waals surface area contributed by atoms with Gasteiger partial charge >= 0.3 is 5.97 Å². The third-order valence-corrected chi connectivity index (χ3v) is 5.70. The van der Waals surface area contributed by atoms with Crippen molar-refractivity contribution >= 4 is 39.9 Å². The Hall–Kier alpha value is -1.92. The molecule has 0 spiro atoms. The quantitative estimate of drug-likeness (QED) is 0.814. The van der Waals surface area contributed by atoms with Gasteiger partial charge in [0.2, 0.25) is 5.91 Å². The van der Waals surface area contributed by atoms with Crippen molar-refractivity contribution in [2.45, 2.75) is 32.6 Å². The zero-order valence-electron chi connectivity index (χ0n) is 13.8. The highest BCUT2D eigenvalue weighted by Gasteiger charge is 2.36. The molecule has 1 aromatic heterocycles. The number of nitrogens with one attached hydrogen (secondary N) is 1. The maximum absolute atomic E-state index is 12.6. The number of carbonyl (C=O) groups excluding carboxylic acids is 1. The number of hydrogen-bond donors (Lipinski definition) is 2. The van der Waals surface area contributed by atoms with Crippen LogP contribution in [-0.2, 0) is 9.59 Å². The third kappa shape index (κ3) is 4.02. The van der Waals surface area contributed by atoms with Gasteiger partial charge in [-0.15, -0.1) is 11.3 Å². The van der Waals surface area contributed by atoms with E-state index < -0.39 is 17.8 Å². The van der Waals surface area contributed by atoms with E-state index in [-0.39, 0.29) is 5.91 Å². The minimum atomic E-state index is -0.892. The Morgan fingerprint density at radius 3 is 2.48 bits per heavy atom. The average molecular weight is 379 g/mol. The van der Waals surface area contributed by atoms with Crippen LogP contribution < -0.4 is 5.32 Å². The summed E-state index contributed by atoms with van der Waals surface area (Å²) < 4.78 is 0. The Morgan fingerprint density at radius 1 is 1.20 bits per heavy atom. The van der Waals surface area contributed by atoms with Gasteiger partial charge in [-0.1, -0.05) is 36.6 Å². The van der Waals surface area contributed by atoms with E-state index in [2.05, 4.69) is 10.3 Å². The smallest absolute Gasteiger partial charge is 0.307 e. The number of carbonyl (C=O) groups is 2. The molecule has 0 unspecified atom stereocenters. The summed E-state index contributed by atoms with van der Waals surface area (Å²) in [6.45, 7) is 1.94. The summed E-state index contributed by atoms with van der Waals surface area (Å²) in [6, 6.07) is 7.37. The molecular formula is C18H19ClN2O3S. The number of benzene rings is 1. The first-order valence-corrected chi connectivity index (χ1v) is 9.42. The van der Waals surface area contributed by atoms with Crippen LogP contribution in [0.5, 0.6) is 0 Å². The predicted octanol–water partition coefficient (Wildman–Crippen LogP) is 4.60. The van der Waals surface area contributed by atoms with Gasteiger partial charge < -0.3 is 10.4 Å². The molecule has 132 valence electrons. The van der Waals surface area contributed by atoms with Gasteiger partial charge in [-0.25, -0.2) is 4.98 Å². The normalized spacial score (nSPS) is 20.2. The van der Waals surface area contributed by atoms with Crippen molar-refractivity contribution in [3.63, 3.8) is 0 Å². The van der Waals surface area contributed by atoms with Crippen LogP contribution in [0, 0.1) is 18.8 Å². The summed E-state index contributed by atoms with van der Waals surface area (Å²) in [6.07, 6.45) is 2.91. The summed E-state index contributed by atoms with van der Waals surface area (Å²) >= 11 is 7.31. The van der Waals surface area contributed by atoms with E-state index in [1.807, 2.05) is 19.1 Å². The number of hydrogen-bond acceptors (Lipinski definition) is 4. The summed E-state index contributed by atoms with van der Waals surface area (Å²) in [5.41, 5.74) is 1.73. The Bertz CT molecular complexity index is 788. The van der Waals surface area contributed by atoms with Crippen molar-refractivity contribution in [2.24, 2.45) is 11.8 Å². The number of halogens is 1. The van der Waals surface area contributed by atoms with E-state index in [0.717, 1.165) is 29.0 Å². The standard InChI is InChI=1S/C18H19ClN2O3S/c1-10-15(11-6-8-12(19)9-7-11)20-18(25-10)21-16(22)13-4-2-3-5-14(13)17(23)24/h6-9,13-14H,2-5H2,1H3,(H,23,24)(H,20,21,22)/t13-,14-/m1/s1. The van der Waals surface area contributed by atoms with Crippen molar-refractivity contribution < 1.29 is 14.7 Å². The molecule has 0 bridgehead atoms. The van der Waals surface area contributed by atoms with Crippen LogP contribution in [0.4, 0.5) is 5.13 Å². The highest BCUT2D eigenvalue weighted by molar-refractivity contribution is 7.16. The van der Waals surface area contributed by atoms with Crippen molar-refractivity contribution in [2.75, 3.05) is 5.32 Å². The fourth-order valence-corrected chi connectivity index (χ4v) is 4.23. The van der Waals surface area contributed by atoms with Gasteiger partial charge in [0.1, 0.15) is 0 Å². The summed E-state index contributed by atoms with van der Waals surface area (Å²) in [5.74, 6) is -2.24. The maximum atomic E-state index is 12.6. The zero-order valence-corrected chi connectivity index (χ0v) is 15.4.